The van der Waals surface area contributed by atoms with Crippen LogP contribution in [-0.4, -0.2) is 33.2 Å². The Balaban J connectivity index is 2.27. The molecule has 0 aromatic carbocycles. The number of nitrogens with zero attached hydrogens (tertiary/aromatic N) is 3. The molecule has 0 fully saturated rings. The molecule has 0 bridgehead atoms. The predicted octanol–water partition coefficient (Wildman–Crippen LogP) is 3.45. The summed E-state index contributed by atoms with van der Waals surface area (Å²) in [5.41, 5.74) is 0. The first-order valence-electron chi connectivity index (χ1n) is 6.49. The summed E-state index contributed by atoms with van der Waals surface area (Å²) in [6, 6.07) is 4.06. The number of thiophene rings is 1. The maximum atomic E-state index is 12.2. The lowest BCUT2D eigenvalue weighted by molar-refractivity contribution is 0.0886. The molecule has 2 heterocycles. The van der Waals surface area contributed by atoms with Crippen LogP contribution in [0.1, 0.15) is 31.0 Å². The van der Waals surface area contributed by atoms with E-state index in [4.69, 9.17) is 16.3 Å². The van der Waals surface area contributed by atoms with Gasteiger partial charge in [0.25, 0.3) is 0 Å². The van der Waals surface area contributed by atoms with Crippen LogP contribution in [-0.2, 0) is 0 Å². The van der Waals surface area contributed by atoms with Crippen LogP contribution < -0.4 is 4.74 Å². The van der Waals surface area contributed by atoms with Crippen LogP contribution >= 0.6 is 22.9 Å². The number of halogens is 1. The molecule has 0 spiro atoms. The fraction of sp³-hybridized carbons (Fsp3) is 0.462. The monoisotopic (exact) mass is 313 g/mol. The minimum absolute atomic E-state index is 0.118. The Morgan fingerprint density at radius 3 is 3.05 bits per heavy atom. The van der Waals surface area contributed by atoms with Crippen LogP contribution in [0.3, 0.4) is 0 Å². The molecule has 2 aromatic rings. The highest BCUT2D eigenvalue weighted by Crippen LogP contribution is 2.25. The lowest BCUT2D eigenvalue weighted by atomic mass is 10.3. The zero-order valence-electron chi connectivity index (χ0n) is 11.2. The van der Waals surface area contributed by atoms with Gasteiger partial charge < -0.3 is 4.74 Å². The zero-order valence-corrected chi connectivity index (χ0v) is 12.8. The van der Waals surface area contributed by atoms with Crippen LogP contribution in [0.2, 0.25) is 0 Å². The first kappa shape index (κ1) is 15.0. The Bertz CT molecular complexity index is 554. The number of alkyl halides is 1. The largest absolute Gasteiger partial charge is 0.462 e. The van der Waals surface area contributed by atoms with Crippen molar-refractivity contribution in [1.29, 1.82) is 0 Å². The first-order chi connectivity index (χ1) is 9.76. The maximum absolute atomic E-state index is 12.2. The van der Waals surface area contributed by atoms with Crippen molar-refractivity contribution in [2.75, 3.05) is 12.5 Å². The fourth-order valence-corrected chi connectivity index (χ4v) is 2.44. The Morgan fingerprint density at radius 2 is 2.40 bits per heavy atom. The van der Waals surface area contributed by atoms with Crippen molar-refractivity contribution >= 4 is 28.8 Å². The van der Waals surface area contributed by atoms with Crippen LogP contribution in [0.15, 0.2) is 17.5 Å². The van der Waals surface area contributed by atoms with Gasteiger partial charge in [-0.15, -0.1) is 28.0 Å². The number of hydrogen-bond donors (Lipinski definition) is 0. The second-order valence-electron chi connectivity index (χ2n) is 4.14. The van der Waals surface area contributed by atoms with Crippen molar-refractivity contribution in [3.05, 3.63) is 17.5 Å². The maximum Gasteiger partial charge on any atom is 0.336 e. The zero-order chi connectivity index (χ0) is 14.4. The second-order valence-corrected chi connectivity index (χ2v) is 5.47. The quantitative estimate of drug-likeness (QED) is 0.735. The molecule has 0 atom stereocenters. The Morgan fingerprint density at radius 1 is 1.55 bits per heavy atom. The lowest BCUT2D eigenvalue weighted by Crippen LogP contribution is -2.13. The van der Waals surface area contributed by atoms with Crippen molar-refractivity contribution in [2.45, 2.75) is 26.2 Å². The number of carbonyl (C=O) groups is 1. The molecule has 108 valence electrons. The average Bonchev–Trinajstić information content (AvgIpc) is 3.10. The SMILES string of the molecule is CCCOc1nc(-c2cccs2)n(C(=O)CCCCl)n1. The van der Waals surface area contributed by atoms with E-state index in [0.717, 1.165) is 11.3 Å². The number of aromatic nitrogens is 3. The number of rotatable bonds is 7. The molecule has 0 amide bonds. The van der Waals surface area contributed by atoms with Crippen LogP contribution in [0, 0.1) is 0 Å². The average molecular weight is 314 g/mol. The van der Waals surface area contributed by atoms with Crippen LogP contribution in [0.25, 0.3) is 10.7 Å². The van der Waals surface area contributed by atoms with E-state index in [9.17, 15) is 4.79 Å². The topological polar surface area (TPSA) is 57.0 Å². The van der Waals surface area contributed by atoms with E-state index in [2.05, 4.69) is 10.1 Å². The molecular weight excluding hydrogens is 298 g/mol. The van der Waals surface area contributed by atoms with E-state index in [0.29, 0.717) is 31.2 Å². The Kier molecular flexibility index (Phi) is 5.55. The van der Waals surface area contributed by atoms with E-state index in [1.165, 1.54) is 16.0 Å². The Labute approximate surface area is 126 Å². The van der Waals surface area contributed by atoms with Crippen molar-refractivity contribution in [3.63, 3.8) is 0 Å². The summed E-state index contributed by atoms with van der Waals surface area (Å²) in [5, 5.41) is 6.09. The van der Waals surface area contributed by atoms with Crippen LogP contribution in [0.5, 0.6) is 6.01 Å². The highest BCUT2D eigenvalue weighted by Gasteiger charge is 2.18. The molecule has 0 unspecified atom stereocenters. The first-order valence-corrected chi connectivity index (χ1v) is 7.90. The molecule has 5 nitrogen and oxygen atoms in total. The fourth-order valence-electron chi connectivity index (χ4n) is 1.61. The molecule has 7 heteroatoms. The third kappa shape index (κ3) is 3.58. The molecule has 0 aliphatic carbocycles. The minimum atomic E-state index is -0.118. The lowest BCUT2D eigenvalue weighted by Gasteiger charge is -2.01. The third-order valence-corrected chi connectivity index (χ3v) is 3.66. The number of ether oxygens (including phenoxy) is 1. The van der Waals surface area contributed by atoms with Crippen molar-refractivity contribution in [3.8, 4) is 16.7 Å². The molecule has 2 aromatic heterocycles. The predicted molar refractivity (Wildman–Crippen MR) is 79.7 cm³/mol. The van der Waals surface area contributed by atoms with E-state index in [-0.39, 0.29) is 11.9 Å². The molecule has 0 radical (unpaired) electrons. The number of carbonyl (C=O) groups excluding carboxylic acids is 1. The molecule has 0 saturated heterocycles. The van der Waals surface area contributed by atoms with Crippen LogP contribution in [0.4, 0.5) is 0 Å². The summed E-state index contributed by atoms with van der Waals surface area (Å²) >= 11 is 7.14. The van der Waals surface area contributed by atoms with Gasteiger partial charge in [-0.2, -0.15) is 9.67 Å². The third-order valence-electron chi connectivity index (χ3n) is 2.53. The van der Waals surface area contributed by atoms with E-state index >= 15 is 0 Å². The molecule has 0 aliphatic rings. The van der Waals surface area contributed by atoms with Gasteiger partial charge in [0.15, 0.2) is 5.82 Å². The van der Waals surface area contributed by atoms with E-state index in [1.54, 1.807) is 0 Å². The van der Waals surface area contributed by atoms with Gasteiger partial charge in [0.1, 0.15) is 0 Å². The summed E-state index contributed by atoms with van der Waals surface area (Å²) in [6.45, 7) is 2.53. The molecule has 0 saturated carbocycles. The molecule has 20 heavy (non-hydrogen) atoms. The van der Waals surface area contributed by atoms with Crippen molar-refractivity contribution < 1.29 is 9.53 Å². The Hall–Kier alpha value is -1.40. The smallest absolute Gasteiger partial charge is 0.336 e. The van der Waals surface area contributed by atoms with Gasteiger partial charge in [0.2, 0.25) is 5.91 Å². The summed E-state index contributed by atoms with van der Waals surface area (Å²) in [7, 11) is 0. The molecular formula is C13H16ClN3O2S. The van der Waals surface area contributed by atoms with Gasteiger partial charge in [-0.1, -0.05) is 13.0 Å². The van der Waals surface area contributed by atoms with Gasteiger partial charge in [0, 0.05) is 12.3 Å². The van der Waals surface area contributed by atoms with Gasteiger partial charge in [-0.05, 0) is 24.3 Å². The summed E-state index contributed by atoms with van der Waals surface area (Å²) in [5.74, 6) is 0.868. The summed E-state index contributed by atoms with van der Waals surface area (Å²) < 4.78 is 6.74. The van der Waals surface area contributed by atoms with E-state index in [1.807, 2.05) is 24.4 Å². The standard InChI is InChI=1S/C13H16ClN3O2S/c1-2-8-19-13-15-12(10-5-4-9-20-10)17(16-13)11(18)6-3-7-14/h4-5,9H,2-3,6-8H2,1H3. The normalized spacial score (nSPS) is 10.7. The molecule has 0 aliphatic heterocycles. The summed E-state index contributed by atoms with van der Waals surface area (Å²) in [6.07, 6.45) is 1.83. The molecule has 2 rings (SSSR count). The van der Waals surface area contributed by atoms with Gasteiger partial charge in [-0.25, -0.2) is 0 Å². The highest BCUT2D eigenvalue weighted by molar-refractivity contribution is 7.13. The highest BCUT2D eigenvalue weighted by atomic mass is 35.5. The van der Waals surface area contributed by atoms with Crippen molar-refractivity contribution in [1.82, 2.24) is 14.8 Å². The van der Waals surface area contributed by atoms with Gasteiger partial charge >= 0.3 is 6.01 Å². The summed E-state index contributed by atoms with van der Waals surface area (Å²) in [4.78, 5) is 17.4. The van der Waals surface area contributed by atoms with Gasteiger partial charge in [-0.3, -0.25) is 4.79 Å². The minimum Gasteiger partial charge on any atom is -0.462 e. The number of hydrogen-bond acceptors (Lipinski definition) is 5. The molecule has 0 N–H and O–H groups in total. The van der Waals surface area contributed by atoms with Crippen molar-refractivity contribution in [2.24, 2.45) is 0 Å². The van der Waals surface area contributed by atoms with E-state index < -0.39 is 0 Å². The van der Waals surface area contributed by atoms with Gasteiger partial charge in [0.05, 0.1) is 11.5 Å². The second kappa shape index (κ2) is 7.40.